The van der Waals surface area contributed by atoms with Gasteiger partial charge in [-0.25, -0.2) is 8.78 Å². The molecule has 1 fully saturated rings. The fourth-order valence-electron chi connectivity index (χ4n) is 5.16. The molecule has 0 saturated carbocycles. The number of nitrogens with zero attached hydrogens (tertiary/aromatic N) is 2. The van der Waals surface area contributed by atoms with Gasteiger partial charge in [0.15, 0.2) is 0 Å². The summed E-state index contributed by atoms with van der Waals surface area (Å²) in [4.78, 5) is 19.0. The molecular formula is C28H31ClF2N2O3S. The van der Waals surface area contributed by atoms with Gasteiger partial charge in [0, 0.05) is 47.3 Å². The lowest BCUT2D eigenvalue weighted by Crippen LogP contribution is -2.42. The summed E-state index contributed by atoms with van der Waals surface area (Å²) in [6, 6.07) is 11.8. The molecule has 1 N–H and O–H groups in total. The first-order valence-corrected chi connectivity index (χ1v) is 13.8. The molecule has 1 saturated heterocycles. The van der Waals surface area contributed by atoms with Crippen molar-refractivity contribution in [2.24, 2.45) is 11.8 Å². The van der Waals surface area contributed by atoms with Crippen LogP contribution in [-0.4, -0.2) is 53.5 Å². The Hall–Kier alpha value is -2.42. The second kappa shape index (κ2) is 12.9. The van der Waals surface area contributed by atoms with E-state index in [2.05, 4.69) is 9.88 Å². The van der Waals surface area contributed by atoms with Gasteiger partial charge in [-0.1, -0.05) is 17.7 Å². The number of hydrogen-bond donors (Lipinski definition) is 1. The van der Waals surface area contributed by atoms with E-state index in [4.69, 9.17) is 16.3 Å². The van der Waals surface area contributed by atoms with E-state index in [9.17, 15) is 14.3 Å². The van der Waals surface area contributed by atoms with Crippen molar-refractivity contribution in [2.75, 3.05) is 32.5 Å². The molecule has 198 valence electrons. The first-order valence-electron chi connectivity index (χ1n) is 12.4. The molecule has 0 amide bonds. The van der Waals surface area contributed by atoms with Crippen LogP contribution in [0.5, 0.6) is 5.75 Å². The van der Waals surface area contributed by atoms with Crippen molar-refractivity contribution in [1.29, 1.82) is 0 Å². The molecule has 1 aliphatic rings. The Bertz CT molecular complexity index is 1230. The normalized spacial score (nSPS) is 19.1. The van der Waals surface area contributed by atoms with Crippen LogP contribution in [0.15, 0.2) is 53.6 Å². The summed E-state index contributed by atoms with van der Waals surface area (Å²) in [5, 5.41) is 10.4. The van der Waals surface area contributed by atoms with Crippen molar-refractivity contribution in [2.45, 2.75) is 36.8 Å². The molecule has 9 heteroatoms. The molecular weight excluding hydrogens is 518 g/mol. The van der Waals surface area contributed by atoms with Gasteiger partial charge in [-0.15, -0.1) is 11.8 Å². The van der Waals surface area contributed by atoms with Crippen LogP contribution in [0.4, 0.5) is 8.78 Å². The molecule has 37 heavy (non-hydrogen) atoms. The quantitative estimate of drug-likeness (QED) is 0.259. The minimum atomic E-state index is -1.30. The summed E-state index contributed by atoms with van der Waals surface area (Å²) in [7, 11) is 1.56. The maximum atomic E-state index is 15.6. The number of fused-ring (bicyclic) bond motifs is 1. The van der Waals surface area contributed by atoms with Crippen molar-refractivity contribution in [1.82, 2.24) is 9.88 Å². The number of methoxy groups -OCH3 is 1. The highest BCUT2D eigenvalue weighted by Gasteiger charge is 2.31. The van der Waals surface area contributed by atoms with Crippen molar-refractivity contribution < 1.29 is 23.4 Å². The lowest BCUT2D eigenvalue weighted by Gasteiger charge is -2.38. The SMILES string of the molecule is COc1ccc2ncc(Cl)c([C@H](F)CCC3CCN(CCSc4cccc(F)c4)CC3CC(=O)O)c2c1. The lowest BCUT2D eigenvalue weighted by molar-refractivity contribution is -0.139. The van der Waals surface area contributed by atoms with Gasteiger partial charge in [0.1, 0.15) is 17.7 Å². The monoisotopic (exact) mass is 548 g/mol. The number of likely N-dealkylation sites (tertiary alicyclic amines) is 1. The average molecular weight is 549 g/mol. The highest BCUT2D eigenvalue weighted by molar-refractivity contribution is 7.99. The molecule has 0 radical (unpaired) electrons. The number of alkyl halides is 1. The van der Waals surface area contributed by atoms with Crippen LogP contribution in [0, 0.1) is 17.7 Å². The van der Waals surface area contributed by atoms with Gasteiger partial charge in [0.25, 0.3) is 0 Å². The van der Waals surface area contributed by atoms with E-state index in [1.165, 1.54) is 18.3 Å². The largest absolute Gasteiger partial charge is 0.497 e. The molecule has 1 aromatic heterocycles. The third-order valence-corrected chi connectivity index (χ3v) is 8.33. The average Bonchev–Trinajstić information content (AvgIpc) is 2.87. The number of pyridine rings is 1. The number of benzene rings is 2. The third-order valence-electron chi connectivity index (χ3n) is 7.06. The Morgan fingerprint density at radius 3 is 2.89 bits per heavy atom. The maximum Gasteiger partial charge on any atom is 0.303 e. The summed E-state index contributed by atoms with van der Waals surface area (Å²) in [6.07, 6.45) is 1.89. The molecule has 2 aromatic carbocycles. The van der Waals surface area contributed by atoms with Crippen molar-refractivity contribution in [3.05, 3.63) is 65.1 Å². The van der Waals surface area contributed by atoms with E-state index in [-0.39, 0.29) is 35.5 Å². The summed E-state index contributed by atoms with van der Waals surface area (Å²) in [5.41, 5.74) is 1.06. The first kappa shape index (κ1) is 27.6. The molecule has 5 nitrogen and oxygen atoms in total. The van der Waals surface area contributed by atoms with Gasteiger partial charge >= 0.3 is 5.97 Å². The van der Waals surface area contributed by atoms with Crippen molar-refractivity contribution >= 4 is 40.2 Å². The van der Waals surface area contributed by atoms with Gasteiger partial charge in [0.2, 0.25) is 0 Å². The second-order valence-electron chi connectivity index (χ2n) is 9.46. The fourth-order valence-corrected chi connectivity index (χ4v) is 6.39. The fraction of sp³-hybridized carbons (Fsp3) is 0.429. The Balaban J connectivity index is 1.37. The smallest absolute Gasteiger partial charge is 0.303 e. The number of carboxylic acid groups (broad SMARTS) is 1. The van der Waals surface area contributed by atoms with E-state index in [0.717, 1.165) is 30.2 Å². The minimum absolute atomic E-state index is 0.0534. The maximum absolute atomic E-state index is 15.6. The number of ether oxygens (including phenoxy) is 1. The number of hydrogen-bond acceptors (Lipinski definition) is 5. The van der Waals surface area contributed by atoms with Crippen molar-refractivity contribution in [3.8, 4) is 5.75 Å². The number of piperidine rings is 1. The van der Waals surface area contributed by atoms with Crippen molar-refractivity contribution in [3.63, 3.8) is 0 Å². The summed E-state index contributed by atoms with van der Waals surface area (Å²) < 4.78 is 34.3. The van der Waals surface area contributed by atoms with Crippen LogP contribution in [0.2, 0.25) is 5.02 Å². The van der Waals surface area contributed by atoms with Crippen LogP contribution in [0.25, 0.3) is 10.9 Å². The number of thioether (sulfide) groups is 1. The van der Waals surface area contributed by atoms with Gasteiger partial charge in [0.05, 0.1) is 17.6 Å². The van der Waals surface area contributed by atoms with E-state index in [0.29, 0.717) is 35.2 Å². The van der Waals surface area contributed by atoms with E-state index >= 15 is 4.39 Å². The topological polar surface area (TPSA) is 62.7 Å². The molecule has 3 aromatic rings. The lowest BCUT2D eigenvalue weighted by atomic mass is 9.79. The zero-order chi connectivity index (χ0) is 26.4. The second-order valence-corrected chi connectivity index (χ2v) is 11.0. The molecule has 2 heterocycles. The number of aromatic nitrogens is 1. The number of rotatable bonds is 11. The zero-order valence-electron chi connectivity index (χ0n) is 20.7. The van der Waals surface area contributed by atoms with Crippen LogP contribution >= 0.6 is 23.4 Å². The Labute approximate surface area is 225 Å². The Kier molecular flexibility index (Phi) is 9.62. The summed E-state index contributed by atoms with van der Waals surface area (Å²) in [6.45, 7) is 2.28. The van der Waals surface area contributed by atoms with Gasteiger partial charge in [-0.3, -0.25) is 9.78 Å². The van der Waals surface area contributed by atoms with E-state index in [1.54, 1.807) is 43.1 Å². The highest BCUT2D eigenvalue weighted by atomic mass is 35.5. The molecule has 4 rings (SSSR count). The van der Waals surface area contributed by atoms with Crippen LogP contribution < -0.4 is 4.74 Å². The van der Waals surface area contributed by atoms with Gasteiger partial charge < -0.3 is 14.7 Å². The Morgan fingerprint density at radius 1 is 1.30 bits per heavy atom. The zero-order valence-corrected chi connectivity index (χ0v) is 22.3. The molecule has 1 aliphatic heterocycles. The first-order chi connectivity index (χ1) is 17.8. The molecule has 0 aliphatic carbocycles. The minimum Gasteiger partial charge on any atom is -0.497 e. The molecule has 0 spiro atoms. The Morgan fingerprint density at radius 2 is 2.14 bits per heavy atom. The van der Waals surface area contributed by atoms with E-state index in [1.807, 2.05) is 6.07 Å². The van der Waals surface area contributed by atoms with Gasteiger partial charge in [-0.05, 0) is 74.0 Å². The van der Waals surface area contributed by atoms with Crippen LogP contribution in [0.3, 0.4) is 0 Å². The molecule has 3 atom stereocenters. The predicted octanol–water partition coefficient (Wildman–Crippen LogP) is 7.03. The van der Waals surface area contributed by atoms with Gasteiger partial charge in [-0.2, -0.15) is 0 Å². The number of carboxylic acids is 1. The van der Waals surface area contributed by atoms with Crippen LogP contribution in [-0.2, 0) is 4.79 Å². The number of carbonyl (C=O) groups is 1. The van der Waals surface area contributed by atoms with E-state index < -0.39 is 12.1 Å². The standard InChI is InChI=1S/C28H31ClF2N2O3S/c1-36-21-6-8-26-23(15-21)28(24(29)16-32-26)25(31)7-5-18-9-10-33(17-19(18)13-27(34)35)11-12-37-22-4-2-3-20(30)14-22/h2-4,6,8,14-16,18-19,25H,5,7,9-13,17H2,1H3,(H,34,35)/t18?,19?,25-/m1/s1. The predicted molar refractivity (Wildman–Crippen MR) is 144 cm³/mol. The summed E-state index contributed by atoms with van der Waals surface area (Å²) in [5.74, 6) is 0.369. The number of halogens is 3. The summed E-state index contributed by atoms with van der Waals surface area (Å²) >= 11 is 7.97. The molecule has 2 unspecified atom stereocenters. The van der Waals surface area contributed by atoms with Crippen LogP contribution in [0.1, 0.15) is 37.4 Å². The number of aliphatic carboxylic acids is 1. The molecule has 0 bridgehead atoms. The third kappa shape index (κ3) is 7.33. The highest BCUT2D eigenvalue weighted by Crippen LogP contribution is 2.39.